The maximum absolute atomic E-state index is 12.4. The SMILES string of the molecule is CCOC(=O)c1c[nH]c2c(cnn2C2CCCCC2)c1=O. The van der Waals surface area contributed by atoms with E-state index in [4.69, 9.17) is 4.74 Å². The van der Waals surface area contributed by atoms with Crippen LogP contribution in [0.25, 0.3) is 11.0 Å². The van der Waals surface area contributed by atoms with E-state index in [9.17, 15) is 9.59 Å². The highest BCUT2D eigenvalue weighted by Crippen LogP contribution is 2.29. The molecule has 1 N–H and O–H groups in total. The Morgan fingerprint density at radius 3 is 2.90 bits per heavy atom. The van der Waals surface area contributed by atoms with Gasteiger partial charge >= 0.3 is 5.97 Å². The summed E-state index contributed by atoms with van der Waals surface area (Å²) in [4.78, 5) is 27.2. The van der Waals surface area contributed by atoms with E-state index in [1.165, 1.54) is 25.5 Å². The number of H-pyrrole nitrogens is 1. The molecule has 0 amide bonds. The summed E-state index contributed by atoms with van der Waals surface area (Å²) in [6.07, 6.45) is 8.79. The molecule has 2 heterocycles. The van der Waals surface area contributed by atoms with Crippen LogP contribution in [0, 0.1) is 0 Å². The number of fused-ring (bicyclic) bond motifs is 1. The van der Waals surface area contributed by atoms with E-state index in [-0.39, 0.29) is 17.6 Å². The maximum Gasteiger partial charge on any atom is 0.343 e. The minimum Gasteiger partial charge on any atom is -0.462 e. The first kappa shape index (κ1) is 13.9. The zero-order valence-corrected chi connectivity index (χ0v) is 12.1. The second kappa shape index (κ2) is 5.71. The summed E-state index contributed by atoms with van der Waals surface area (Å²) in [5.74, 6) is -0.592. The number of hydrogen-bond acceptors (Lipinski definition) is 4. The monoisotopic (exact) mass is 289 g/mol. The molecule has 112 valence electrons. The zero-order valence-electron chi connectivity index (χ0n) is 12.1. The molecule has 0 radical (unpaired) electrons. The molecule has 0 atom stereocenters. The molecule has 1 fully saturated rings. The molecule has 0 unspecified atom stereocenters. The van der Waals surface area contributed by atoms with Crippen molar-refractivity contribution in [1.82, 2.24) is 14.8 Å². The Morgan fingerprint density at radius 1 is 1.43 bits per heavy atom. The zero-order chi connectivity index (χ0) is 14.8. The minimum absolute atomic E-state index is 0.0348. The standard InChI is InChI=1S/C15H19N3O3/c1-2-21-15(20)12-8-16-14-11(13(12)19)9-17-18(14)10-6-4-3-5-7-10/h8-10H,2-7H2,1H3,(H,16,19). The van der Waals surface area contributed by atoms with Gasteiger partial charge < -0.3 is 9.72 Å². The fourth-order valence-corrected chi connectivity index (χ4v) is 2.99. The normalized spacial score (nSPS) is 16.2. The number of aromatic nitrogens is 3. The van der Waals surface area contributed by atoms with Gasteiger partial charge in [0, 0.05) is 6.20 Å². The van der Waals surface area contributed by atoms with Gasteiger partial charge in [0.15, 0.2) is 0 Å². The Kier molecular flexibility index (Phi) is 3.77. The van der Waals surface area contributed by atoms with Gasteiger partial charge in [-0.15, -0.1) is 0 Å². The van der Waals surface area contributed by atoms with Gasteiger partial charge in [-0.1, -0.05) is 19.3 Å². The smallest absolute Gasteiger partial charge is 0.343 e. The molecule has 0 aliphatic heterocycles. The van der Waals surface area contributed by atoms with Gasteiger partial charge in [0.1, 0.15) is 11.2 Å². The third kappa shape index (κ3) is 2.46. The summed E-state index contributed by atoms with van der Waals surface area (Å²) in [7, 11) is 0. The van der Waals surface area contributed by atoms with Crippen molar-refractivity contribution < 1.29 is 9.53 Å². The molecule has 3 rings (SSSR count). The minimum atomic E-state index is -0.592. The van der Waals surface area contributed by atoms with E-state index in [2.05, 4.69) is 10.1 Å². The van der Waals surface area contributed by atoms with E-state index >= 15 is 0 Å². The molecule has 6 heteroatoms. The topological polar surface area (TPSA) is 77.0 Å². The van der Waals surface area contributed by atoms with Gasteiger partial charge in [0.05, 0.1) is 24.2 Å². The van der Waals surface area contributed by atoms with Crippen LogP contribution < -0.4 is 5.43 Å². The Hall–Kier alpha value is -2.11. The number of ether oxygens (including phenoxy) is 1. The van der Waals surface area contributed by atoms with Crippen molar-refractivity contribution in [3.8, 4) is 0 Å². The van der Waals surface area contributed by atoms with Crippen molar-refractivity contribution in [1.29, 1.82) is 0 Å². The van der Waals surface area contributed by atoms with E-state index < -0.39 is 5.97 Å². The number of rotatable bonds is 3. The number of aromatic amines is 1. The number of nitrogens with one attached hydrogen (secondary N) is 1. The van der Waals surface area contributed by atoms with Gasteiger partial charge in [-0.25, -0.2) is 9.48 Å². The van der Waals surface area contributed by atoms with Crippen LogP contribution in [0.3, 0.4) is 0 Å². The van der Waals surface area contributed by atoms with E-state index in [1.54, 1.807) is 13.1 Å². The first-order valence-corrected chi connectivity index (χ1v) is 7.48. The van der Waals surface area contributed by atoms with Gasteiger partial charge in [0.2, 0.25) is 5.43 Å². The maximum atomic E-state index is 12.4. The summed E-state index contributed by atoms with van der Waals surface area (Å²) in [5, 5.41) is 4.81. The van der Waals surface area contributed by atoms with E-state index in [0.717, 1.165) is 12.8 Å². The molecular weight excluding hydrogens is 270 g/mol. The summed E-state index contributed by atoms with van der Waals surface area (Å²) in [6, 6.07) is 0.334. The van der Waals surface area contributed by atoms with Crippen molar-refractivity contribution in [2.45, 2.75) is 45.1 Å². The van der Waals surface area contributed by atoms with Gasteiger partial charge in [-0.05, 0) is 19.8 Å². The molecule has 0 bridgehead atoms. The number of carbonyl (C=O) groups is 1. The highest BCUT2D eigenvalue weighted by molar-refractivity contribution is 5.92. The largest absolute Gasteiger partial charge is 0.462 e. The third-order valence-corrected chi connectivity index (χ3v) is 4.05. The van der Waals surface area contributed by atoms with Crippen LogP contribution in [0.1, 0.15) is 55.4 Å². The summed E-state index contributed by atoms with van der Waals surface area (Å²) in [6.45, 7) is 1.96. The van der Waals surface area contributed by atoms with Gasteiger partial charge in [-0.3, -0.25) is 4.79 Å². The van der Waals surface area contributed by atoms with Crippen LogP contribution in [-0.2, 0) is 4.74 Å². The fourth-order valence-electron chi connectivity index (χ4n) is 2.99. The summed E-state index contributed by atoms with van der Waals surface area (Å²) < 4.78 is 6.79. The van der Waals surface area contributed by atoms with E-state index in [1.807, 2.05) is 4.68 Å². The highest BCUT2D eigenvalue weighted by atomic mass is 16.5. The van der Waals surface area contributed by atoms with Crippen molar-refractivity contribution in [2.75, 3.05) is 6.61 Å². The molecule has 0 saturated heterocycles. The lowest BCUT2D eigenvalue weighted by molar-refractivity contribution is 0.0524. The van der Waals surface area contributed by atoms with Crippen molar-refractivity contribution in [3.63, 3.8) is 0 Å². The van der Waals surface area contributed by atoms with Crippen LogP contribution in [-0.4, -0.2) is 27.3 Å². The lowest BCUT2D eigenvalue weighted by Gasteiger charge is -2.22. The average molecular weight is 289 g/mol. The molecule has 2 aromatic heterocycles. The molecule has 1 saturated carbocycles. The molecule has 2 aromatic rings. The first-order chi connectivity index (χ1) is 10.2. The van der Waals surface area contributed by atoms with E-state index in [0.29, 0.717) is 17.1 Å². The first-order valence-electron chi connectivity index (χ1n) is 7.48. The molecular formula is C15H19N3O3. The second-order valence-corrected chi connectivity index (χ2v) is 5.40. The predicted octanol–water partition coefficient (Wildman–Crippen LogP) is 2.41. The summed E-state index contributed by atoms with van der Waals surface area (Å²) in [5.41, 5.74) is 0.414. The lowest BCUT2D eigenvalue weighted by atomic mass is 9.96. The Morgan fingerprint density at radius 2 is 2.19 bits per heavy atom. The molecule has 1 aliphatic carbocycles. The lowest BCUT2D eigenvalue weighted by Crippen LogP contribution is -2.19. The van der Waals surface area contributed by atoms with Crippen LogP contribution in [0.2, 0.25) is 0 Å². The molecule has 1 aliphatic rings. The van der Waals surface area contributed by atoms with Crippen molar-refractivity contribution in [2.24, 2.45) is 0 Å². The number of hydrogen-bond donors (Lipinski definition) is 1. The number of carbonyl (C=O) groups excluding carboxylic acids is 1. The van der Waals surface area contributed by atoms with Crippen LogP contribution in [0.4, 0.5) is 0 Å². The summed E-state index contributed by atoms with van der Waals surface area (Å²) >= 11 is 0. The molecule has 0 spiro atoms. The highest BCUT2D eigenvalue weighted by Gasteiger charge is 2.21. The van der Waals surface area contributed by atoms with Gasteiger partial charge in [0.25, 0.3) is 0 Å². The number of nitrogens with zero attached hydrogens (tertiary/aromatic N) is 2. The molecule has 21 heavy (non-hydrogen) atoms. The number of pyridine rings is 1. The average Bonchev–Trinajstić information content (AvgIpc) is 2.93. The number of esters is 1. The van der Waals surface area contributed by atoms with Gasteiger partial charge in [-0.2, -0.15) is 5.10 Å². The molecule has 0 aromatic carbocycles. The third-order valence-electron chi connectivity index (χ3n) is 4.05. The Balaban J connectivity index is 2.02. The fraction of sp³-hybridized carbons (Fsp3) is 0.533. The predicted molar refractivity (Wildman–Crippen MR) is 78.4 cm³/mol. The van der Waals surface area contributed by atoms with Crippen molar-refractivity contribution in [3.05, 3.63) is 28.2 Å². The molecule has 6 nitrogen and oxygen atoms in total. The van der Waals surface area contributed by atoms with Crippen LogP contribution in [0.15, 0.2) is 17.2 Å². The van der Waals surface area contributed by atoms with Crippen LogP contribution >= 0.6 is 0 Å². The Labute approximate surface area is 122 Å². The second-order valence-electron chi connectivity index (χ2n) is 5.40. The Bertz CT molecular complexity index is 711. The van der Waals surface area contributed by atoms with Crippen molar-refractivity contribution >= 4 is 17.0 Å². The van der Waals surface area contributed by atoms with Crippen LogP contribution in [0.5, 0.6) is 0 Å². The quantitative estimate of drug-likeness (QED) is 0.880.